The zero-order chi connectivity index (χ0) is 16.8. The average molecular weight is 324 g/mol. The fourth-order valence-corrected chi connectivity index (χ4v) is 3.24. The number of likely N-dealkylation sites (tertiary alicyclic amines) is 1. The Hall–Kier alpha value is -2.49. The van der Waals surface area contributed by atoms with E-state index in [0.29, 0.717) is 0 Å². The summed E-state index contributed by atoms with van der Waals surface area (Å²) in [5.41, 5.74) is 2.00. The molecule has 0 radical (unpaired) electrons. The molecule has 1 atom stereocenters. The van der Waals surface area contributed by atoms with Crippen LogP contribution in [0.25, 0.3) is 0 Å². The third kappa shape index (κ3) is 3.88. The van der Waals surface area contributed by atoms with Crippen LogP contribution in [0.2, 0.25) is 0 Å². The molecule has 1 saturated heterocycles. The molecule has 0 unspecified atom stereocenters. The van der Waals surface area contributed by atoms with E-state index in [0.717, 1.165) is 37.2 Å². The van der Waals surface area contributed by atoms with Crippen molar-refractivity contribution < 1.29 is 9.53 Å². The van der Waals surface area contributed by atoms with Gasteiger partial charge in [0.1, 0.15) is 5.75 Å². The Bertz CT molecular complexity index is 655. The highest BCUT2D eigenvalue weighted by Gasteiger charge is 2.26. The van der Waals surface area contributed by atoms with Crippen molar-refractivity contribution in [2.45, 2.75) is 31.7 Å². The van der Waals surface area contributed by atoms with Crippen LogP contribution in [-0.2, 0) is 0 Å². The number of hydrogen-bond acceptors (Lipinski definition) is 2. The van der Waals surface area contributed by atoms with Crippen LogP contribution in [0.3, 0.4) is 0 Å². The maximum absolute atomic E-state index is 12.8. The van der Waals surface area contributed by atoms with Gasteiger partial charge in [-0.2, -0.15) is 0 Å². The number of amides is 2. The number of carbonyl (C=O) groups is 1. The average Bonchev–Trinajstić information content (AvgIpc) is 2.89. The Morgan fingerprint density at radius 3 is 2.50 bits per heavy atom. The molecular weight excluding hydrogens is 300 g/mol. The summed E-state index contributed by atoms with van der Waals surface area (Å²) in [6.45, 7) is 0.787. The summed E-state index contributed by atoms with van der Waals surface area (Å²) in [4.78, 5) is 14.8. The number of rotatable bonds is 3. The lowest BCUT2D eigenvalue weighted by atomic mass is 10.0. The standard InChI is InChI=1S/C20H24N2O2/c1-24-18-13-11-16(12-14-18)19-10-6-3-7-15-22(19)20(23)21-17-8-4-2-5-9-17/h2,4-5,8-9,11-14,19H,3,6-7,10,15H2,1H3,(H,21,23)/t19-/m1/s1. The van der Waals surface area contributed by atoms with Crippen molar-refractivity contribution >= 4 is 11.7 Å². The maximum Gasteiger partial charge on any atom is 0.322 e. The summed E-state index contributed by atoms with van der Waals surface area (Å²) in [5, 5.41) is 3.02. The smallest absolute Gasteiger partial charge is 0.322 e. The van der Waals surface area contributed by atoms with E-state index in [-0.39, 0.29) is 12.1 Å². The van der Waals surface area contributed by atoms with Gasteiger partial charge in [0.05, 0.1) is 13.2 Å². The largest absolute Gasteiger partial charge is 0.497 e. The maximum atomic E-state index is 12.8. The number of methoxy groups -OCH3 is 1. The molecule has 24 heavy (non-hydrogen) atoms. The first-order valence-electron chi connectivity index (χ1n) is 8.54. The van der Waals surface area contributed by atoms with E-state index in [1.807, 2.05) is 47.4 Å². The predicted molar refractivity (Wildman–Crippen MR) is 96.4 cm³/mol. The first-order valence-corrected chi connectivity index (χ1v) is 8.54. The summed E-state index contributed by atoms with van der Waals surface area (Å²) in [6.07, 6.45) is 4.36. The molecule has 1 fully saturated rings. The molecule has 1 aliphatic rings. The van der Waals surface area contributed by atoms with E-state index in [9.17, 15) is 4.79 Å². The number of para-hydroxylation sites is 1. The zero-order valence-electron chi connectivity index (χ0n) is 14.1. The molecule has 0 aliphatic carbocycles. The molecule has 126 valence electrons. The Labute approximate surface area is 143 Å². The van der Waals surface area contributed by atoms with Crippen LogP contribution in [-0.4, -0.2) is 24.6 Å². The third-order valence-electron chi connectivity index (χ3n) is 4.54. The van der Waals surface area contributed by atoms with Crippen molar-refractivity contribution in [3.05, 3.63) is 60.2 Å². The van der Waals surface area contributed by atoms with Gasteiger partial charge in [0.15, 0.2) is 0 Å². The summed E-state index contributed by atoms with van der Waals surface area (Å²) >= 11 is 0. The minimum absolute atomic E-state index is 0.0241. The van der Waals surface area contributed by atoms with Gasteiger partial charge in [-0.1, -0.05) is 43.2 Å². The summed E-state index contributed by atoms with van der Waals surface area (Å²) in [6, 6.07) is 17.8. The van der Waals surface area contributed by atoms with Crippen LogP contribution in [0.5, 0.6) is 5.75 Å². The molecule has 2 amide bonds. The number of urea groups is 1. The quantitative estimate of drug-likeness (QED) is 0.877. The van der Waals surface area contributed by atoms with Crippen molar-refractivity contribution in [2.24, 2.45) is 0 Å². The van der Waals surface area contributed by atoms with Crippen LogP contribution in [0.4, 0.5) is 10.5 Å². The third-order valence-corrected chi connectivity index (χ3v) is 4.54. The van der Waals surface area contributed by atoms with Crippen molar-refractivity contribution in [1.82, 2.24) is 4.90 Å². The number of benzene rings is 2. The van der Waals surface area contributed by atoms with Crippen molar-refractivity contribution in [2.75, 3.05) is 19.0 Å². The minimum Gasteiger partial charge on any atom is -0.497 e. The first-order chi connectivity index (χ1) is 11.8. The van der Waals surface area contributed by atoms with E-state index in [2.05, 4.69) is 17.4 Å². The topological polar surface area (TPSA) is 41.6 Å². The lowest BCUT2D eigenvalue weighted by Crippen LogP contribution is -2.38. The van der Waals surface area contributed by atoms with Gasteiger partial charge in [0.2, 0.25) is 0 Å². The fourth-order valence-electron chi connectivity index (χ4n) is 3.24. The Balaban J connectivity index is 1.80. The van der Waals surface area contributed by atoms with Gasteiger partial charge >= 0.3 is 6.03 Å². The molecule has 0 saturated carbocycles. The lowest BCUT2D eigenvalue weighted by Gasteiger charge is -2.30. The number of nitrogens with one attached hydrogen (secondary N) is 1. The zero-order valence-corrected chi connectivity index (χ0v) is 14.1. The van der Waals surface area contributed by atoms with Crippen LogP contribution in [0.15, 0.2) is 54.6 Å². The fraction of sp³-hybridized carbons (Fsp3) is 0.350. The summed E-state index contributed by atoms with van der Waals surface area (Å²) in [5.74, 6) is 0.840. The van der Waals surface area contributed by atoms with Crippen molar-refractivity contribution in [3.8, 4) is 5.75 Å². The van der Waals surface area contributed by atoms with E-state index in [1.54, 1.807) is 7.11 Å². The van der Waals surface area contributed by atoms with E-state index in [4.69, 9.17) is 4.74 Å². The highest BCUT2D eigenvalue weighted by Crippen LogP contribution is 2.31. The molecule has 2 aromatic carbocycles. The van der Waals surface area contributed by atoms with Gasteiger partial charge in [-0.3, -0.25) is 0 Å². The highest BCUT2D eigenvalue weighted by atomic mass is 16.5. The molecular formula is C20H24N2O2. The van der Waals surface area contributed by atoms with Gasteiger partial charge in [0, 0.05) is 12.2 Å². The second kappa shape index (κ2) is 7.86. The normalized spacial score (nSPS) is 17.9. The molecule has 2 aromatic rings. The Kier molecular flexibility index (Phi) is 5.36. The van der Waals surface area contributed by atoms with Gasteiger partial charge in [-0.05, 0) is 42.7 Å². The Morgan fingerprint density at radius 2 is 1.79 bits per heavy atom. The molecule has 1 aliphatic heterocycles. The van der Waals surface area contributed by atoms with Crippen LogP contribution < -0.4 is 10.1 Å². The first kappa shape index (κ1) is 16.4. The minimum atomic E-state index is -0.0241. The van der Waals surface area contributed by atoms with Crippen LogP contribution in [0, 0.1) is 0 Å². The SMILES string of the molecule is COc1ccc([C@H]2CCCCCN2C(=O)Nc2ccccc2)cc1. The van der Waals surface area contributed by atoms with Crippen molar-refractivity contribution in [1.29, 1.82) is 0 Å². The second-order valence-electron chi connectivity index (χ2n) is 6.13. The van der Waals surface area contributed by atoms with Gasteiger partial charge in [-0.15, -0.1) is 0 Å². The number of carbonyl (C=O) groups excluding carboxylic acids is 1. The predicted octanol–water partition coefficient (Wildman–Crippen LogP) is 4.84. The Morgan fingerprint density at radius 1 is 1.04 bits per heavy atom. The van der Waals surface area contributed by atoms with E-state index < -0.39 is 0 Å². The van der Waals surface area contributed by atoms with Gasteiger partial charge < -0.3 is 15.0 Å². The highest BCUT2D eigenvalue weighted by molar-refractivity contribution is 5.89. The molecule has 1 heterocycles. The molecule has 3 rings (SSSR count). The van der Waals surface area contributed by atoms with Gasteiger partial charge in [0.25, 0.3) is 0 Å². The van der Waals surface area contributed by atoms with E-state index in [1.165, 1.54) is 12.0 Å². The van der Waals surface area contributed by atoms with Gasteiger partial charge in [-0.25, -0.2) is 4.79 Å². The summed E-state index contributed by atoms with van der Waals surface area (Å²) in [7, 11) is 1.67. The molecule has 0 bridgehead atoms. The second-order valence-corrected chi connectivity index (χ2v) is 6.13. The van der Waals surface area contributed by atoms with Crippen LogP contribution >= 0.6 is 0 Å². The lowest BCUT2D eigenvalue weighted by molar-refractivity contribution is 0.189. The molecule has 4 nitrogen and oxygen atoms in total. The number of anilines is 1. The number of nitrogens with zero attached hydrogens (tertiary/aromatic N) is 1. The molecule has 0 spiro atoms. The molecule has 4 heteroatoms. The van der Waals surface area contributed by atoms with Crippen molar-refractivity contribution in [3.63, 3.8) is 0 Å². The summed E-state index contributed by atoms with van der Waals surface area (Å²) < 4.78 is 5.24. The number of ether oxygens (including phenoxy) is 1. The molecule has 0 aromatic heterocycles. The molecule has 1 N–H and O–H groups in total. The van der Waals surface area contributed by atoms with Crippen LogP contribution in [0.1, 0.15) is 37.3 Å². The van der Waals surface area contributed by atoms with E-state index >= 15 is 0 Å². The monoisotopic (exact) mass is 324 g/mol. The number of hydrogen-bond donors (Lipinski definition) is 1.